The van der Waals surface area contributed by atoms with Crippen molar-refractivity contribution in [2.75, 3.05) is 37.2 Å². The van der Waals surface area contributed by atoms with Gasteiger partial charge in [-0.1, -0.05) is 53.4 Å². The molecular weight excluding hydrogens is 458 g/mol. The molecule has 10 heteroatoms. The predicted molar refractivity (Wildman–Crippen MR) is 133 cm³/mol. The molecule has 0 bridgehead atoms. The first-order chi connectivity index (χ1) is 16.1. The summed E-state index contributed by atoms with van der Waals surface area (Å²) in [5, 5.41) is 4.45. The molecule has 2 aromatic heterocycles. The number of fused-ring (bicyclic) bond motifs is 1. The van der Waals surface area contributed by atoms with Crippen molar-refractivity contribution in [2.45, 2.75) is 11.6 Å². The van der Waals surface area contributed by atoms with E-state index in [1.807, 2.05) is 25.2 Å². The minimum absolute atomic E-state index is 0.177. The second kappa shape index (κ2) is 10.5. The van der Waals surface area contributed by atoms with E-state index in [0.717, 1.165) is 21.4 Å². The number of anilines is 2. The fourth-order valence-corrected chi connectivity index (χ4v) is 5.00. The van der Waals surface area contributed by atoms with Crippen molar-refractivity contribution in [3.8, 4) is 11.5 Å². The molecule has 2 heterocycles. The Balaban J connectivity index is 1.45. The molecule has 0 radical (unpaired) electrons. The third-order valence-electron chi connectivity index (χ3n) is 4.76. The summed E-state index contributed by atoms with van der Waals surface area (Å²) in [4.78, 5) is 28.0. The summed E-state index contributed by atoms with van der Waals surface area (Å²) in [7, 11) is 5.13. The van der Waals surface area contributed by atoms with Crippen LogP contribution in [0.25, 0.3) is 10.3 Å². The van der Waals surface area contributed by atoms with Crippen LogP contribution in [-0.4, -0.2) is 47.9 Å². The molecular formula is C23H23N5O3S2. The SMILES string of the molecule is COc1ccc(OC)c(NC(=O)CSc2ncnc3nc(N(C)Cc4ccccc4)sc23)c1. The van der Waals surface area contributed by atoms with Gasteiger partial charge < -0.3 is 19.7 Å². The number of amides is 1. The van der Waals surface area contributed by atoms with Gasteiger partial charge in [-0.05, 0) is 17.7 Å². The molecule has 0 spiro atoms. The van der Waals surface area contributed by atoms with Crippen molar-refractivity contribution in [3.63, 3.8) is 0 Å². The Morgan fingerprint density at radius 3 is 2.70 bits per heavy atom. The number of ether oxygens (including phenoxy) is 2. The van der Waals surface area contributed by atoms with Crippen LogP contribution in [0.4, 0.5) is 10.8 Å². The Morgan fingerprint density at radius 1 is 1.12 bits per heavy atom. The Labute approximate surface area is 200 Å². The number of carbonyl (C=O) groups is 1. The minimum atomic E-state index is -0.177. The van der Waals surface area contributed by atoms with E-state index in [1.165, 1.54) is 35.0 Å². The topological polar surface area (TPSA) is 89.5 Å². The normalized spacial score (nSPS) is 10.8. The van der Waals surface area contributed by atoms with Gasteiger partial charge in [-0.15, -0.1) is 0 Å². The second-order valence-electron chi connectivity index (χ2n) is 7.07. The van der Waals surface area contributed by atoms with Crippen LogP contribution in [0.15, 0.2) is 59.9 Å². The van der Waals surface area contributed by atoms with Crippen molar-refractivity contribution in [3.05, 3.63) is 60.4 Å². The molecule has 2 aromatic carbocycles. The number of hydrogen-bond acceptors (Lipinski definition) is 9. The van der Waals surface area contributed by atoms with E-state index in [0.29, 0.717) is 22.8 Å². The van der Waals surface area contributed by atoms with E-state index >= 15 is 0 Å². The summed E-state index contributed by atoms with van der Waals surface area (Å²) in [5.41, 5.74) is 2.38. The second-order valence-corrected chi connectivity index (χ2v) is 9.01. The summed E-state index contributed by atoms with van der Waals surface area (Å²) < 4.78 is 11.4. The van der Waals surface area contributed by atoms with E-state index in [4.69, 9.17) is 9.47 Å². The molecule has 33 heavy (non-hydrogen) atoms. The van der Waals surface area contributed by atoms with Gasteiger partial charge in [0.25, 0.3) is 0 Å². The van der Waals surface area contributed by atoms with Crippen LogP contribution in [0.2, 0.25) is 0 Å². The van der Waals surface area contributed by atoms with Crippen LogP contribution in [0.1, 0.15) is 5.56 Å². The van der Waals surface area contributed by atoms with Gasteiger partial charge in [-0.25, -0.2) is 9.97 Å². The molecule has 1 amide bonds. The standard InChI is InChI=1S/C23H23N5O3S2/c1-28(12-15-7-5-4-6-8-15)23-27-21-20(33-23)22(25-14-24-21)32-13-19(29)26-17-11-16(30-2)9-10-18(17)31-3/h4-11,14H,12-13H2,1-3H3,(H,26,29). The first-order valence-corrected chi connectivity index (χ1v) is 11.9. The Bertz CT molecular complexity index is 1250. The van der Waals surface area contributed by atoms with E-state index in [2.05, 4.69) is 37.3 Å². The van der Waals surface area contributed by atoms with E-state index < -0.39 is 0 Å². The minimum Gasteiger partial charge on any atom is -0.497 e. The number of thioether (sulfide) groups is 1. The fraction of sp³-hybridized carbons (Fsp3) is 0.217. The van der Waals surface area contributed by atoms with Crippen LogP contribution >= 0.6 is 23.1 Å². The Kier molecular flexibility index (Phi) is 7.26. The van der Waals surface area contributed by atoms with Gasteiger partial charge in [0.2, 0.25) is 5.91 Å². The van der Waals surface area contributed by atoms with Crippen molar-refractivity contribution >= 4 is 50.2 Å². The van der Waals surface area contributed by atoms with Crippen LogP contribution in [0, 0.1) is 0 Å². The average Bonchev–Trinajstić information content (AvgIpc) is 3.28. The van der Waals surface area contributed by atoms with Gasteiger partial charge in [-0.2, -0.15) is 4.98 Å². The monoisotopic (exact) mass is 481 g/mol. The van der Waals surface area contributed by atoms with Crippen molar-refractivity contribution < 1.29 is 14.3 Å². The van der Waals surface area contributed by atoms with Crippen LogP contribution in [0.5, 0.6) is 11.5 Å². The molecule has 0 atom stereocenters. The molecule has 4 rings (SSSR count). The van der Waals surface area contributed by atoms with Gasteiger partial charge in [0, 0.05) is 19.7 Å². The van der Waals surface area contributed by atoms with Gasteiger partial charge in [0.1, 0.15) is 27.6 Å². The van der Waals surface area contributed by atoms with Crippen LogP contribution < -0.4 is 19.7 Å². The van der Waals surface area contributed by atoms with Gasteiger partial charge >= 0.3 is 0 Å². The molecule has 8 nitrogen and oxygen atoms in total. The molecule has 0 unspecified atom stereocenters. The molecule has 1 N–H and O–H groups in total. The quantitative estimate of drug-likeness (QED) is 0.277. The Hall–Kier alpha value is -3.37. The number of nitrogens with one attached hydrogen (secondary N) is 1. The summed E-state index contributed by atoms with van der Waals surface area (Å²) in [6, 6.07) is 15.5. The van der Waals surface area contributed by atoms with Crippen LogP contribution in [-0.2, 0) is 11.3 Å². The highest BCUT2D eigenvalue weighted by Gasteiger charge is 2.16. The first-order valence-electron chi connectivity index (χ1n) is 10.1. The highest BCUT2D eigenvalue weighted by atomic mass is 32.2. The summed E-state index contributed by atoms with van der Waals surface area (Å²) >= 11 is 2.87. The average molecular weight is 482 g/mol. The maximum Gasteiger partial charge on any atom is 0.234 e. The van der Waals surface area contributed by atoms with E-state index in [-0.39, 0.29) is 11.7 Å². The number of aromatic nitrogens is 3. The number of carbonyl (C=O) groups excluding carboxylic acids is 1. The number of nitrogens with zero attached hydrogens (tertiary/aromatic N) is 4. The van der Waals surface area contributed by atoms with Gasteiger partial charge in [-0.3, -0.25) is 4.79 Å². The number of rotatable bonds is 9. The van der Waals surface area contributed by atoms with Crippen LogP contribution in [0.3, 0.4) is 0 Å². The molecule has 0 saturated heterocycles. The lowest BCUT2D eigenvalue weighted by Crippen LogP contribution is -2.15. The maximum atomic E-state index is 12.6. The molecule has 0 aliphatic carbocycles. The molecule has 0 fully saturated rings. The van der Waals surface area contributed by atoms with E-state index in [1.54, 1.807) is 32.4 Å². The number of thiazole rings is 1. The lowest BCUT2D eigenvalue weighted by molar-refractivity contribution is -0.113. The largest absolute Gasteiger partial charge is 0.497 e. The van der Waals surface area contributed by atoms with Crippen molar-refractivity contribution in [1.82, 2.24) is 15.0 Å². The summed E-state index contributed by atoms with van der Waals surface area (Å²) in [5.74, 6) is 1.20. The summed E-state index contributed by atoms with van der Waals surface area (Å²) in [6.45, 7) is 0.737. The molecule has 4 aromatic rings. The summed E-state index contributed by atoms with van der Waals surface area (Å²) in [6.07, 6.45) is 1.48. The zero-order valence-corrected chi connectivity index (χ0v) is 20.1. The Morgan fingerprint density at radius 2 is 1.94 bits per heavy atom. The maximum absolute atomic E-state index is 12.6. The van der Waals surface area contributed by atoms with Gasteiger partial charge in [0.05, 0.1) is 25.7 Å². The number of benzene rings is 2. The zero-order valence-electron chi connectivity index (χ0n) is 18.4. The predicted octanol–water partition coefficient (Wildman–Crippen LogP) is 4.47. The molecule has 0 aliphatic heterocycles. The number of methoxy groups -OCH3 is 2. The van der Waals surface area contributed by atoms with E-state index in [9.17, 15) is 4.79 Å². The van der Waals surface area contributed by atoms with Gasteiger partial charge in [0.15, 0.2) is 10.8 Å². The lowest BCUT2D eigenvalue weighted by Gasteiger charge is -2.15. The van der Waals surface area contributed by atoms with Crippen molar-refractivity contribution in [1.29, 1.82) is 0 Å². The molecule has 0 saturated carbocycles. The lowest BCUT2D eigenvalue weighted by atomic mass is 10.2. The third-order valence-corrected chi connectivity index (χ3v) is 7.04. The molecule has 170 valence electrons. The third kappa shape index (κ3) is 5.52. The highest BCUT2D eigenvalue weighted by Crippen LogP contribution is 2.34. The molecule has 0 aliphatic rings. The first kappa shape index (κ1) is 22.8. The highest BCUT2D eigenvalue weighted by molar-refractivity contribution is 8.00. The van der Waals surface area contributed by atoms with Crippen molar-refractivity contribution in [2.24, 2.45) is 0 Å². The zero-order chi connectivity index (χ0) is 23.2. The number of hydrogen-bond donors (Lipinski definition) is 1. The fourth-order valence-electron chi connectivity index (χ4n) is 3.15. The smallest absolute Gasteiger partial charge is 0.234 e.